The maximum atomic E-state index is 12.8. The molecule has 1 aliphatic carbocycles. The molecule has 29 heavy (non-hydrogen) atoms. The number of nitrogens with one attached hydrogen (secondary N) is 1. The minimum absolute atomic E-state index is 0.0548. The van der Waals surface area contributed by atoms with E-state index in [4.69, 9.17) is 9.15 Å². The van der Waals surface area contributed by atoms with Gasteiger partial charge in [0.1, 0.15) is 17.1 Å². The third-order valence-corrected chi connectivity index (χ3v) is 6.19. The quantitative estimate of drug-likeness (QED) is 0.657. The number of ether oxygens (including phenoxy) is 1. The van der Waals surface area contributed by atoms with Gasteiger partial charge in [0.05, 0.1) is 18.6 Å². The standard InChI is InChI=1S/C20H24N2O6S/c1-13-18(20(24)27-3)10-16(28-13)12-22(2)19(23)15-5-4-6-17(9-15)29(25,26)21-11-14-7-8-14/h4-6,9-10,14,21H,7-8,11-12H2,1-3H3. The lowest BCUT2D eigenvalue weighted by Gasteiger charge is -2.16. The molecule has 3 rings (SSSR count). The van der Waals surface area contributed by atoms with Crippen molar-refractivity contribution in [3.05, 3.63) is 53.0 Å². The summed E-state index contributed by atoms with van der Waals surface area (Å²) in [7, 11) is -0.805. The van der Waals surface area contributed by atoms with Gasteiger partial charge in [-0.3, -0.25) is 4.79 Å². The Morgan fingerprint density at radius 1 is 1.28 bits per heavy atom. The summed E-state index contributed by atoms with van der Waals surface area (Å²) in [6, 6.07) is 7.46. The van der Waals surface area contributed by atoms with Gasteiger partial charge in [0, 0.05) is 19.2 Å². The second-order valence-electron chi connectivity index (χ2n) is 7.16. The van der Waals surface area contributed by atoms with Crippen molar-refractivity contribution in [3.8, 4) is 0 Å². The zero-order valence-corrected chi connectivity index (χ0v) is 17.4. The number of amides is 1. The van der Waals surface area contributed by atoms with Crippen LogP contribution in [0.3, 0.4) is 0 Å². The zero-order chi connectivity index (χ0) is 21.2. The molecule has 0 unspecified atom stereocenters. The molecule has 1 aliphatic rings. The number of rotatable bonds is 8. The van der Waals surface area contributed by atoms with Crippen molar-refractivity contribution in [1.82, 2.24) is 9.62 Å². The number of carbonyl (C=O) groups is 2. The first kappa shape index (κ1) is 21.1. The second kappa shape index (κ2) is 8.38. The third-order valence-electron chi connectivity index (χ3n) is 4.76. The molecular formula is C20H24N2O6S. The van der Waals surface area contributed by atoms with Gasteiger partial charge in [0.25, 0.3) is 5.91 Å². The van der Waals surface area contributed by atoms with E-state index in [9.17, 15) is 18.0 Å². The van der Waals surface area contributed by atoms with Gasteiger partial charge >= 0.3 is 5.97 Å². The maximum Gasteiger partial charge on any atom is 0.341 e. The molecule has 1 N–H and O–H groups in total. The Morgan fingerprint density at radius 3 is 2.66 bits per heavy atom. The number of sulfonamides is 1. The first-order valence-corrected chi connectivity index (χ1v) is 10.7. The normalized spacial score (nSPS) is 13.9. The summed E-state index contributed by atoms with van der Waals surface area (Å²) >= 11 is 0. The van der Waals surface area contributed by atoms with Crippen molar-refractivity contribution in [3.63, 3.8) is 0 Å². The number of benzene rings is 1. The fraction of sp³-hybridized carbons (Fsp3) is 0.400. The van der Waals surface area contributed by atoms with E-state index in [1.807, 2.05) is 0 Å². The van der Waals surface area contributed by atoms with Gasteiger partial charge in [0.15, 0.2) is 0 Å². The van der Waals surface area contributed by atoms with Gasteiger partial charge in [-0.2, -0.15) is 0 Å². The molecule has 9 heteroatoms. The van der Waals surface area contributed by atoms with E-state index < -0.39 is 16.0 Å². The summed E-state index contributed by atoms with van der Waals surface area (Å²) < 4.78 is 37.7. The number of hydrogen-bond acceptors (Lipinski definition) is 6. The lowest BCUT2D eigenvalue weighted by molar-refractivity contribution is 0.0598. The molecule has 1 amide bonds. The zero-order valence-electron chi connectivity index (χ0n) is 16.6. The number of furan rings is 1. The van der Waals surface area contributed by atoms with Gasteiger partial charge in [-0.1, -0.05) is 6.07 Å². The second-order valence-corrected chi connectivity index (χ2v) is 8.93. The highest BCUT2D eigenvalue weighted by Crippen LogP contribution is 2.28. The maximum absolute atomic E-state index is 12.8. The van der Waals surface area contributed by atoms with Crippen LogP contribution in [0.2, 0.25) is 0 Å². The molecule has 1 aromatic carbocycles. The van der Waals surface area contributed by atoms with Crippen molar-refractivity contribution < 1.29 is 27.2 Å². The van der Waals surface area contributed by atoms with Crippen LogP contribution in [-0.2, 0) is 21.3 Å². The van der Waals surface area contributed by atoms with Crippen molar-refractivity contribution >= 4 is 21.9 Å². The highest BCUT2D eigenvalue weighted by Gasteiger charge is 2.25. The number of nitrogens with zero attached hydrogens (tertiary/aromatic N) is 1. The van der Waals surface area contributed by atoms with Gasteiger partial charge in [-0.25, -0.2) is 17.9 Å². The fourth-order valence-electron chi connectivity index (χ4n) is 2.89. The number of esters is 1. The fourth-order valence-corrected chi connectivity index (χ4v) is 4.05. The monoisotopic (exact) mass is 420 g/mol. The lowest BCUT2D eigenvalue weighted by Crippen LogP contribution is -2.28. The molecule has 0 saturated heterocycles. The summed E-state index contributed by atoms with van der Waals surface area (Å²) in [5.74, 6) is 0.365. The number of methoxy groups -OCH3 is 1. The molecule has 1 fully saturated rings. The molecular weight excluding hydrogens is 396 g/mol. The van der Waals surface area contributed by atoms with Crippen LogP contribution in [0.4, 0.5) is 0 Å². The van der Waals surface area contributed by atoms with Crippen LogP contribution < -0.4 is 4.72 Å². The molecule has 156 valence electrons. The largest absolute Gasteiger partial charge is 0.465 e. The Balaban J connectivity index is 1.72. The Labute approximate surface area is 169 Å². The topological polar surface area (TPSA) is 106 Å². The Morgan fingerprint density at radius 2 is 2.00 bits per heavy atom. The van der Waals surface area contributed by atoms with E-state index in [1.165, 1.54) is 30.2 Å². The van der Waals surface area contributed by atoms with Gasteiger partial charge in [-0.05, 0) is 49.9 Å². The van der Waals surface area contributed by atoms with Crippen LogP contribution in [0, 0.1) is 12.8 Å². The summed E-state index contributed by atoms with van der Waals surface area (Å²) in [5.41, 5.74) is 0.552. The minimum Gasteiger partial charge on any atom is -0.465 e. The molecule has 1 saturated carbocycles. The van der Waals surface area contributed by atoms with Crippen LogP contribution in [0.1, 0.15) is 45.1 Å². The molecule has 0 bridgehead atoms. The number of carbonyl (C=O) groups excluding carboxylic acids is 2. The number of aryl methyl sites for hydroxylation is 1. The molecule has 0 atom stereocenters. The van der Waals surface area contributed by atoms with Crippen LogP contribution in [0.15, 0.2) is 39.6 Å². The van der Waals surface area contributed by atoms with Gasteiger partial charge in [-0.15, -0.1) is 0 Å². The molecule has 0 spiro atoms. The van der Waals surface area contributed by atoms with Crippen molar-refractivity contribution in [2.24, 2.45) is 5.92 Å². The molecule has 0 aliphatic heterocycles. The van der Waals surface area contributed by atoms with E-state index >= 15 is 0 Å². The van der Waals surface area contributed by atoms with Crippen molar-refractivity contribution in [2.45, 2.75) is 31.2 Å². The first-order valence-electron chi connectivity index (χ1n) is 9.24. The minimum atomic E-state index is -3.66. The molecule has 1 heterocycles. The van der Waals surface area contributed by atoms with Crippen molar-refractivity contribution in [2.75, 3.05) is 20.7 Å². The first-order chi connectivity index (χ1) is 13.7. The molecule has 0 radical (unpaired) electrons. The predicted molar refractivity (Wildman–Crippen MR) is 105 cm³/mol. The average molecular weight is 420 g/mol. The van der Waals surface area contributed by atoms with Crippen molar-refractivity contribution in [1.29, 1.82) is 0 Å². The Kier molecular flexibility index (Phi) is 6.09. The van der Waals surface area contributed by atoms with Gasteiger partial charge < -0.3 is 14.1 Å². The van der Waals surface area contributed by atoms with E-state index in [2.05, 4.69) is 4.72 Å². The van der Waals surface area contributed by atoms with Crippen LogP contribution >= 0.6 is 0 Å². The van der Waals surface area contributed by atoms with E-state index in [-0.39, 0.29) is 22.9 Å². The van der Waals surface area contributed by atoms with Crippen LogP contribution in [0.5, 0.6) is 0 Å². The van der Waals surface area contributed by atoms with Crippen LogP contribution in [-0.4, -0.2) is 45.9 Å². The lowest BCUT2D eigenvalue weighted by atomic mass is 10.2. The van der Waals surface area contributed by atoms with E-state index in [1.54, 1.807) is 26.1 Å². The summed E-state index contributed by atoms with van der Waals surface area (Å²) in [6.07, 6.45) is 2.07. The van der Waals surface area contributed by atoms with Crippen LogP contribution in [0.25, 0.3) is 0 Å². The van der Waals surface area contributed by atoms with Gasteiger partial charge in [0.2, 0.25) is 10.0 Å². The van der Waals surface area contributed by atoms with E-state index in [0.29, 0.717) is 29.5 Å². The molecule has 8 nitrogen and oxygen atoms in total. The number of hydrogen-bond donors (Lipinski definition) is 1. The summed E-state index contributed by atoms with van der Waals surface area (Å²) in [5, 5.41) is 0. The average Bonchev–Trinajstić information content (AvgIpc) is 3.47. The summed E-state index contributed by atoms with van der Waals surface area (Å²) in [6.45, 7) is 2.18. The Bertz CT molecular complexity index is 1020. The highest BCUT2D eigenvalue weighted by molar-refractivity contribution is 7.89. The van der Waals surface area contributed by atoms with E-state index in [0.717, 1.165) is 12.8 Å². The smallest absolute Gasteiger partial charge is 0.341 e. The highest BCUT2D eigenvalue weighted by atomic mass is 32.2. The third kappa shape index (κ3) is 5.04. The molecule has 2 aromatic rings. The Hall–Kier alpha value is -2.65. The molecule has 1 aromatic heterocycles. The predicted octanol–water partition coefficient (Wildman–Crippen LogP) is 2.34. The summed E-state index contributed by atoms with van der Waals surface area (Å²) in [4.78, 5) is 25.9. The SMILES string of the molecule is COC(=O)c1cc(CN(C)C(=O)c2cccc(S(=O)(=O)NCC3CC3)c2)oc1C.